The molecule has 4 heterocycles. The van der Waals surface area contributed by atoms with Crippen LogP contribution in [0.3, 0.4) is 0 Å². The first-order chi connectivity index (χ1) is 13.7. The van der Waals surface area contributed by atoms with E-state index in [2.05, 4.69) is 31.4 Å². The third-order valence-corrected chi connectivity index (χ3v) is 7.11. The smallest absolute Gasteiger partial charge is 0.250 e. The van der Waals surface area contributed by atoms with Crippen molar-refractivity contribution >= 4 is 28.9 Å². The molecule has 1 N–H and O–H groups in total. The van der Waals surface area contributed by atoms with Crippen molar-refractivity contribution in [2.45, 2.75) is 6.54 Å². The Labute approximate surface area is 172 Å². The molecule has 2 unspecified atom stereocenters. The molecule has 2 aliphatic rings. The Morgan fingerprint density at radius 1 is 1.14 bits per heavy atom. The van der Waals surface area contributed by atoms with E-state index in [4.69, 9.17) is 11.6 Å². The van der Waals surface area contributed by atoms with Crippen molar-refractivity contribution in [3.63, 3.8) is 0 Å². The lowest BCUT2D eigenvalue weighted by Crippen LogP contribution is -2.37. The van der Waals surface area contributed by atoms with E-state index < -0.39 is 0 Å². The highest BCUT2D eigenvalue weighted by molar-refractivity contribution is 7.16. The third-order valence-electron chi connectivity index (χ3n) is 5.89. The summed E-state index contributed by atoms with van der Waals surface area (Å²) < 4.78 is 2.60. The number of hydrogen-bond donors (Lipinski definition) is 1. The number of aliphatic hydroxyl groups excluding tert-OH is 1. The first-order valence-corrected chi connectivity index (χ1v) is 10.5. The average molecular weight is 417 g/mol. The molecular weight excluding hydrogens is 396 g/mol. The molecule has 2 saturated heterocycles. The molecule has 2 aliphatic heterocycles. The van der Waals surface area contributed by atoms with Gasteiger partial charge in [0.1, 0.15) is 0 Å². The molecule has 0 saturated carbocycles. The van der Waals surface area contributed by atoms with Crippen LogP contribution >= 0.6 is 22.9 Å². The average Bonchev–Trinajstić information content (AvgIpc) is 3.45. The molecule has 2 fully saturated rings. The van der Waals surface area contributed by atoms with E-state index in [1.165, 1.54) is 4.88 Å². The minimum absolute atomic E-state index is 0.144. The van der Waals surface area contributed by atoms with Gasteiger partial charge in [-0.15, -0.1) is 11.3 Å². The fraction of sp³-hybridized carbons (Fsp3) is 0.421. The summed E-state index contributed by atoms with van der Waals surface area (Å²) in [6.45, 7) is 4.48. The molecule has 0 bridgehead atoms. The molecule has 1 aromatic carbocycles. The van der Waals surface area contributed by atoms with Gasteiger partial charge in [0.25, 0.3) is 0 Å². The second-order valence-electron chi connectivity index (χ2n) is 7.70. The van der Waals surface area contributed by atoms with Gasteiger partial charge in [-0.3, -0.25) is 4.90 Å². The van der Waals surface area contributed by atoms with E-state index >= 15 is 0 Å². The van der Waals surface area contributed by atoms with Crippen molar-refractivity contribution in [2.75, 3.05) is 37.7 Å². The maximum absolute atomic E-state index is 10.3. The summed E-state index contributed by atoms with van der Waals surface area (Å²) in [6.07, 6.45) is 0. The summed E-state index contributed by atoms with van der Waals surface area (Å²) in [7, 11) is 0. The van der Waals surface area contributed by atoms with Crippen LogP contribution in [0.25, 0.3) is 5.69 Å². The van der Waals surface area contributed by atoms with Crippen LogP contribution in [0, 0.1) is 11.3 Å². The summed E-state index contributed by atoms with van der Waals surface area (Å²) in [6, 6.07) is 14.0. The Morgan fingerprint density at radius 2 is 2.00 bits per heavy atom. The number of halogens is 1. The number of likely N-dealkylation sites (tertiary alicyclic amines) is 1. The van der Waals surface area contributed by atoms with Crippen molar-refractivity contribution in [3.8, 4) is 5.69 Å². The van der Waals surface area contributed by atoms with Crippen molar-refractivity contribution < 1.29 is 5.11 Å². The van der Waals surface area contributed by atoms with Crippen molar-refractivity contribution in [1.82, 2.24) is 25.1 Å². The molecule has 28 heavy (non-hydrogen) atoms. The third kappa shape index (κ3) is 3.10. The number of hydrogen-bond acceptors (Lipinski definition) is 7. The summed E-state index contributed by atoms with van der Waals surface area (Å²) in [5, 5.41) is 22.6. The van der Waals surface area contributed by atoms with Crippen LogP contribution in [0.5, 0.6) is 0 Å². The highest BCUT2D eigenvalue weighted by Gasteiger charge is 2.53. The largest absolute Gasteiger partial charge is 0.396 e. The van der Waals surface area contributed by atoms with E-state index in [0.717, 1.165) is 48.7 Å². The lowest BCUT2D eigenvalue weighted by molar-refractivity contribution is 0.125. The van der Waals surface area contributed by atoms with Gasteiger partial charge in [-0.05, 0) is 40.6 Å². The fourth-order valence-corrected chi connectivity index (χ4v) is 5.69. The summed E-state index contributed by atoms with van der Waals surface area (Å²) in [5.74, 6) is 1.12. The highest BCUT2D eigenvalue weighted by atomic mass is 35.5. The minimum atomic E-state index is -0.144. The van der Waals surface area contributed by atoms with E-state index in [9.17, 15) is 5.11 Å². The SMILES string of the molecule is OCC12CN(Cc3ccc(Cl)s3)CC1CN(c1nnnn1-c1ccccc1)C2. The van der Waals surface area contributed by atoms with E-state index in [1.54, 1.807) is 16.0 Å². The van der Waals surface area contributed by atoms with Gasteiger partial charge in [0, 0.05) is 43.0 Å². The monoisotopic (exact) mass is 416 g/mol. The lowest BCUT2D eigenvalue weighted by Gasteiger charge is -2.27. The zero-order valence-electron chi connectivity index (χ0n) is 15.3. The van der Waals surface area contributed by atoms with Gasteiger partial charge in [0.05, 0.1) is 16.6 Å². The predicted molar refractivity (Wildman–Crippen MR) is 109 cm³/mol. The molecule has 0 spiro atoms. The molecule has 0 amide bonds. The molecule has 2 atom stereocenters. The number of aromatic nitrogens is 4. The van der Waals surface area contributed by atoms with Crippen LogP contribution in [-0.4, -0.2) is 63.0 Å². The maximum Gasteiger partial charge on any atom is 0.250 e. The van der Waals surface area contributed by atoms with Crippen LogP contribution in [-0.2, 0) is 6.54 Å². The number of thiophene rings is 1. The van der Waals surface area contributed by atoms with Crippen LogP contribution in [0.2, 0.25) is 4.34 Å². The van der Waals surface area contributed by atoms with E-state index in [1.807, 2.05) is 36.4 Å². The van der Waals surface area contributed by atoms with Gasteiger partial charge in [-0.1, -0.05) is 34.9 Å². The molecule has 9 heteroatoms. The fourth-order valence-electron chi connectivity index (χ4n) is 4.56. The number of tetrazole rings is 1. The van der Waals surface area contributed by atoms with E-state index in [0.29, 0.717) is 5.92 Å². The Bertz CT molecular complexity index is 962. The number of benzene rings is 1. The van der Waals surface area contributed by atoms with Gasteiger partial charge >= 0.3 is 0 Å². The summed E-state index contributed by atoms with van der Waals surface area (Å²) >= 11 is 7.70. The molecule has 3 aromatic rings. The first-order valence-electron chi connectivity index (χ1n) is 9.33. The van der Waals surface area contributed by atoms with Crippen LogP contribution < -0.4 is 4.90 Å². The minimum Gasteiger partial charge on any atom is -0.396 e. The molecule has 146 valence electrons. The van der Waals surface area contributed by atoms with E-state index in [-0.39, 0.29) is 12.0 Å². The highest BCUT2D eigenvalue weighted by Crippen LogP contribution is 2.44. The summed E-state index contributed by atoms with van der Waals surface area (Å²) in [5.41, 5.74) is 0.794. The Balaban J connectivity index is 1.34. The van der Waals surface area contributed by atoms with Gasteiger partial charge in [0.2, 0.25) is 5.95 Å². The second kappa shape index (κ2) is 7.11. The van der Waals surface area contributed by atoms with Gasteiger partial charge < -0.3 is 10.0 Å². The van der Waals surface area contributed by atoms with Gasteiger partial charge in [-0.2, -0.15) is 4.68 Å². The number of nitrogens with zero attached hydrogens (tertiary/aromatic N) is 6. The van der Waals surface area contributed by atoms with Gasteiger partial charge in [-0.25, -0.2) is 0 Å². The number of anilines is 1. The normalized spacial score (nSPS) is 24.8. The number of fused-ring (bicyclic) bond motifs is 1. The molecule has 5 rings (SSSR count). The molecule has 7 nitrogen and oxygen atoms in total. The number of aliphatic hydroxyl groups is 1. The maximum atomic E-state index is 10.3. The first kappa shape index (κ1) is 18.1. The topological polar surface area (TPSA) is 70.3 Å². The molecule has 2 aromatic heterocycles. The van der Waals surface area contributed by atoms with Crippen LogP contribution in [0.1, 0.15) is 4.88 Å². The molecule has 0 aliphatic carbocycles. The Kier molecular flexibility index (Phi) is 4.59. The standard InChI is InChI=1S/C19H21ClN6OS/c20-17-7-6-16(28-17)10-24-8-14-9-25(12-19(14,11-24)13-27)18-21-22-23-26(18)15-4-2-1-3-5-15/h1-7,14,27H,8-13H2. The van der Waals surface area contributed by atoms with Crippen LogP contribution in [0.4, 0.5) is 5.95 Å². The Hall–Kier alpha value is -2.00. The van der Waals surface area contributed by atoms with Crippen molar-refractivity contribution in [2.24, 2.45) is 11.3 Å². The quantitative estimate of drug-likeness (QED) is 0.688. The predicted octanol–water partition coefficient (Wildman–Crippen LogP) is 2.31. The summed E-state index contributed by atoms with van der Waals surface area (Å²) in [4.78, 5) is 5.91. The molecular formula is C19H21ClN6OS. The molecule has 0 radical (unpaired) electrons. The second-order valence-corrected chi connectivity index (χ2v) is 9.50. The Morgan fingerprint density at radius 3 is 2.71 bits per heavy atom. The van der Waals surface area contributed by atoms with Crippen molar-refractivity contribution in [3.05, 3.63) is 51.7 Å². The number of para-hydroxylation sites is 1. The zero-order chi connectivity index (χ0) is 19.1. The zero-order valence-corrected chi connectivity index (χ0v) is 16.9. The van der Waals surface area contributed by atoms with Crippen molar-refractivity contribution in [1.29, 1.82) is 0 Å². The van der Waals surface area contributed by atoms with Crippen LogP contribution in [0.15, 0.2) is 42.5 Å². The number of rotatable bonds is 5. The van der Waals surface area contributed by atoms with Gasteiger partial charge in [0.15, 0.2) is 0 Å². The lowest BCUT2D eigenvalue weighted by atomic mass is 9.82.